The monoisotopic (exact) mass is 340 g/mol. The Balaban J connectivity index is 1.79. The minimum atomic E-state index is -0.269. The van der Waals surface area contributed by atoms with Gasteiger partial charge in [-0.1, -0.05) is 38.1 Å². The van der Waals surface area contributed by atoms with Crippen LogP contribution in [0.15, 0.2) is 53.9 Å². The number of halogens is 1. The quantitative estimate of drug-likeness (QED) is 0.708. The Morgan fingerprint density at radius 1 is 1.12 bits per heavy atom. The van der Waals surface area contributed by atoms with Gasteiger partial charge in [0.05, 0.1) is 5.69 Å². The number of anilines is 1. The number of nitrogens with zero attached hydrogens (tertiary/aromatic N) is 1. The first-order valence-electron chi connectivity index (χ1n) is 7.65. The number of nitrogens with one attached hydrogen (secondary N) is 1. The lowest BCUT2D eigenvalue weighted by molar-refractivity contribution is -0.118. The summed E-state index contributed by atoms with van der Waals surface area (Å²) in [5.41, 5.74) is 3.32. The number of carbonyl (C=O) groups is 1. The normalized spacial score (nSPS) is 10.8. The third kappa shape index (κ3) is 3.68. The Labute approximate surface area is 144 Å². The summed E-state index contributed by atoms with van der Waals surface area (Å²) in [7, 11) is 0. The Hall–Kier alpha value is -2.53. The predicted molar refractivity (Wildman–Crippen MR) is 96.4 cm³/mol. The number of benzene rings is 2. The van der Waals surface area contributed by atoms with Gasteiger partial charge in [-0.3, -0.25) is 4.79 Å². The zero-order chi connectivity index (χ0) is 17.1. The molecule has 1 amide bonds. The summed E-state index contributed by atoms with van der Waals surface area (Å²) in [5, 5.41) is 5.58. The molecule has 2 aromatic carbocycles. The molecule has 1 aromatic heterocycles. The third-order valence-corrected chi connectivity index (χ3v) is 4.44. The number of hydrogen-bond acceptors (Lipinski definition) is 3. The van der Waals surface area contributed by atoms with Crippen LogP contribution in [0.3, 0.4) is 0 Å². The summed E-state index contributed by atoms with van der Waals surface area (Å²) in [6.07, 6.45) is 0. The van der Waals surface area contributed by atoms with Gasteiger partial charge in [-0.25, -0.2) is 9.37 Å². The molecule has 0 aliphatic rings. The van der Waals surface area contributed by atoms with E-state index in [1.807, 2.05) is 49.6 Å². The molecule has 122 valence electrons. The first-order valence-corrected chi connectivity index (χ1v) is 8.53. The summed E-state index contributed by atoms with van der Waals surface area (Å²) in [5.74, 6) is -0.337. The average molecular weight is 340 g/mol. The maximum absolute atomic E-state index is 13.3. The number of aromatic nitrogens is 1. The molecule has 0 atom stereocenters. The van der Waals surface area contributed by atoms with Crippen LogP contribution in [0.4, 0.5) is 10.1 Å². The SMILES string of the molecule is CC(C)C(=O)Nc1ccc(-c2csc(-c3cccc(F)c3)n2)cc1. The van der Waals surface area contributed by atoms with Crippen molar-refractivity contribution in [2.75, 3.05) is 5.32 Å². The van der Waals surface area contributed by atoms with Crippen LogP contribution in [0.25, 0.3) is 21.8 Å². The van der Waals surface area contributed by atoms with Gasteiger partial charge in [-0.05, 0) is 24.3 Å². The molecule has 3 rings (SSSR count). The standard InChI is InChI=1S/C19H17FN2OS/c1-12(2)18(23)21-16-8-6-13(7-9-16)17-11-24-19(22-17)14-4-3-5-15(20)10-14/h3-12H,1-2H3,(H,21,23). The second-order valence-electron chi connectivity index (χ2n) is 5.77. The van der Waals surface area contributed by atoms with Crippen LogP contribution in [0.2, 0.25) is 0 Å². The number of rotatable bonds is 4. The van der Waals surface area contributed by atoms with Crippen molar-refractivity contribution in [2.24, 2.45) is 5.92 Å². The van der Waals surface area contributed by atoms with Crippen molar-refractivity contribution in [1.82, 2.24) is 4.98 Å². The smallest absolute Gasteiger partial charge is 0.226 e. The van der Waals surface area contributed by atoms with Crippen molar-refractivity contribution in [3.05, 3.63) is 59.7 Å². The molecule has 1 N–H and O–H groups in total. The van der Waals surface area contributed by atoms with E-state index in [9.17, 15) is 9.18 Å². The third-order valence-electron chi connectivity index (χ3n) is 3.55. The highest BCUT2D eigenvalue weighted by Gasteiger charge is 2.09. The Morgan fingerprint density at radius 3 is 2.54 bits per heavy atom. The largest absolute Gasteiger partial charge is 0.326 e. The van der Waals surface area contributed by atoms with Crippen molar-refractivity contribution in [3.8, 4) is 21.8 Å². The van der Waals surface area contributed by atoms with Gasteiger partial charge in [0.1, 0.15) is 10.8 Å². The first kappa shape index (κ1) is 16.3. The molecule has 0 aliphatic heterocycles. The molecule has 0 saturated carbocycles. The van der Waals surface area contributed by atoms with E-state index in [1.54, 1.807) is 6.07 Å². The molecular formula is C19H17FN2OS. The van der Waals surface area contributed by atoms with E-state index in [-0.39, 0.29) is 17.6 Å². The van der Waals surface area contributed by atoms with Crippen LogP contribution in [0.5, 0.6) is 0 Å². The van der Waals surface area contributed by atoms with Crippen LogP contribution in [-0.2, 0) is 4.79 Å². The Bertz CT molecular complexity index is 856. The van der Waals surface area contributed by atoms with Crippen molar-refractivity contribution in [3.63, 3.8) is 0 Å². The number of thiazole rings is 1. The molecule has 0 aliphatic carbocycles. The molecule has 1 heterocycles. The molecule has 3 aromatic rings. The minimum absolute atomic E-state index is 0.00945. The molecule has 0 fully saturated rings. The highest BCUT2D eigenvalue weighted by atomic mass is 32.1. The van der Waals surface area contributed by atoms with Gasteiger partial charge >= 0.3 is 0 Å². The van der Waals surface area contributed by atoms with E-state index in [4.69, 9.17) is 0 Å². The van der Waals surface area contributed by atoms with Crippen LogP contribution in [0, 0.1) is 11.7 Å². The lowest BCUT2D eigenvalue weighted by Crippen LogP contribution is -2.17. The molecule has 0 bridgehead atoms. The van der Waals surface area contributed by atoms with Crippen LogP contribution >= 0.6 is 11.3 Å². The van der Waals surface area contributed by atoms with Crippen molar-refractivity contribution >= 4 is 22.9 Å². The van der Waals surface area contributed by atoms with Crippen LogP contribution in [-0.4, -0.2) is 10.9 Å². The lowest BCUT2D eigenvalue weighted by Gasteiger charge is -2.07. The van der Waals surface area contributed by atoms with E-state index in [1.165, 1.54) is 23.5 Å². The van der Waals surface area contributed by atoms with Crippen molar-refractivity contribution < 1.29 is 9.18 Å². The molecule has 5 heteroatoms. The lowest BCUT2D eigenvalue weighted by atomic mass is 10.1. The first-order chi connectivity index (χ1) is 11.5. The minimum Gasteiger partial charge on any atom is -0.326 e. The Morgan fingerprint density at radius 2 is 1.88 bits per heavy atom. The predicted octanol–water partition coefficient (Wildman–Crippen LogP) is 5.21. The van der Waals surface area contributed by atoms with Crippen molar-refractivity contribution in [2.45, 2.75) is 13.8 Å². The molecule has 3 nitrogen and oxygen atoms in total. The Kier molecular flexibility index (Phi) is 4.71. The summed E-state index contributed by atoms with van der Waals surface area (Å²) in [6, 6.07) is 14.0. The summed E-state index contributed by atoms with van der Waals surface area (Å²) >= 11 is 1.48. The van der Waals surface area contributed by atoms with Crippen LogP contribution < -0.4 is 5.32 Å². The van der Waals surface area contributed by atoms with Gasteiger partial charge < -0.3 is 5.32 Å². The maximum Gasteiger partial charge on any atom is 0.226 e. The molecule has 0 spiro atoms. The van der Waals surface area contributed by atoms with E-state index in [0.717, 1.165) is 27.5 Å². The zero-order valence-electron chi connectivity index (χ0n) is 13.4. The number of carbonyl (C=O) groups excluding carboxylic acids is 1. The molecule has 24 heavy (non-hydrogen) atoms. The average Bonchev–Trinajstić information content (AvgIpc) is 3.05. The number of amides is 1. The second kappa shape index (κ2) is 6.93. The number of hydrogen-bond donors (Lipinski definition) is 1. The molecule has 0 saturated heterocycles. The molecule has 0 unspecified atom stereocenters. The summed E-state index contributed by atoms with van der Waals surface area (Å²) < 4.78 is 13.3. The zero-order valence-corrected chi connectivity index (χ0v) is 14.2. The topological polar surface area (TPSA) is 42.0 Å². The fraction of sp³-hybridized carbons (Fsp3) is 0.158. The van der Waals surface area contributed by atoms with E-state index in [2.05, 4.69) is 10.3 Å². The fourth-order valence-corrected chi connectivity index (χ4v) is 3.00. The highest BCUT2D eigenvalue weighted by molar-refractivity contribution is 7.13. The van der Waals surface area contributed by atoms with Crippen LogP contribution in [0.1, 0.15) is 13.8 Å². The van der Waals surface area contributed by atoms with E-state index in [0.29, 0.717) is 0 Å². The maximum atomic E-state index is 13.3. The second-order valence-corrected chi connectivity index (χ2v) is 6.63. The van der Waals surface area contributed by atoms with Gasteiger partial charge in [0.25, 0.3) is 0 Å². The summed E-state index contributed by atoms with van der Waals surface area (Å²) in [4.78, 5) is 16.3. The molecular weight excluding hydrogens is 323 g/mol. The van der Waals surface area contributed by atoms with Gasteiger partial charge in [0.2, 0.25) is 5.91 Å². The van der Waals surface area contributed by atoms with E-state index < -0.39 is 0 Å². The fourth-order valence-electron chi connectivity index (χ4n) is 2.17. The van der Waals surface area contributed by atoms with Gasteiger partial charge in [-0.15, -0.1) is 11.3 Å². The van der Waals surface area contributed by atoms with Gasteiger partial charge in [0, 0.05) is 28.1 Å². The highest BCUT2D eigenvalue weighted by Crippen LogP contribution is 2.29. The summed E-state index contributed by atoms with van der Waals surface area (Å²) in [6.45, 7) is 3.71. The van der Waals surface area contributed by atoms with Crippen molar-refractivity contribution in [1.29, 1.82) is 0 Å². The van der Waals surface area contributed by atoms with Gasteiger partial charge in [0.15, 0.2) is 0 Å². The van der Waals surface area contributed by atoms with E-state index >= 15 is 0 Å². The van der Waals surface area contributed by atoms with Gasteiger partial charge in [-0.2, -0.15) is 0 Å². The molecule has 0 radical (unpaired) electrons.